The van der Waals surface area contributed by atoms with Crippen molar-refractivity contribution in [1.82, 2.24) is 20.2 Å². The maximum atomic E-state index is 11.6. The van der Waals surface area contributed by atoms with Crippen molar-refractivity contribution in [2.24, 2.45) is 0 Å². The minimum atomic E-state index is 0.0329. The second kappa shape index (κ2) is 8.01. The van der Waals surface area contributed by atoms with Gasteiger partial charge in [0.15, 0.2) is 0 Å². The van der Waals surface area contributed by atoms with Gasteiger partial charge in [-0.05, 0) is 20.8 Å². The van der Waals surface area contributed by atoms with E-state index in [1.807, 2.05) is 10.8 Å². The fourth-order valence-corrected chi connectivity index (χ4v) is 1.66. The summed E-state index contributed by atoms with van der Waals surface area (Å²) in [5.74, 6) is 0.0329. The maximum absolute atomic E-state index is 11.6. The van der Waals surface area contributed by atoms with Crippen LogP contribution in [0.15, 0.2) is 12.5 Å². The van der Waals surface area contributed by atoms with Crippen molar-refractivity contribution in [3.63, 3.8) is 0 Å². The summed E-state index contributed by atoms with van der Waals surface area (Å²) in [6.07, 6.45) is 4.05. The van der Waals surface area contributed by atoms with Crippen LogP contribution in [0.5, 0.6) is 0 Å². The van der Waals surface area contributed by atoms with Gasteiger partial charge in [0.1, 0.15) is 0 Å². The van der Waals surface area contributed by atoms with Crippen LogP contribution in [0.2, 0.25) is 0 Å². The van der Waals surface area contributed by atoms with Crippen LogP contribution >= 0.6 is 0 Å². The van der Waals surface area contributed by atoms with Gasteiger partial charge < -0.3 is 19.9 Å². The first-order valence-corrected chi connectivity index (χ1v) is 6.92. The number of hydrogen-bond acceptors (Lipinski definition) is 4. The van der Waals surface area contributed by atoms with Gasteiger partial charge in [-0.25, -0.2) is 4.98 Å². The fraction of sp³-hybridized carbons (Fsp3) is 0.714. The molecule has 0 radical (unpaired) electrons. The molecule has 0 saturated carbocycles. The molecule has 2 N–H and O–H groups in total. The first kappa shape index (κ1) is 16.7. The van der Waals surface area contributed by atoms with E-state index in [2.05, 4.69) is 36.4 Å². The number of carbonyl (C=O) groups is 1. The molecular weight excluding hydrogens is 256 g/mol. The van der Waals surface area contributed by atoms with Crippen LogP contribution in [-0.2, 0) is 22.6 Å². The van der Waals surface area contributed by atoms with Gasteiger partial charge in [0.05, 0.1) is 18.6 Å². The lowest BCUT2D eigenvalue weighted by Crippen LogP contribution is -2.35. The van der Waals surface area contributed by atoms with E-state index in [1.54, 1.807) is 13.4 Å². The van der Waals surface area contributed by atoms with Crippen LogP contribution in [-0.4, -0.2) is 41.3 Å². The molecule has 6 nitrogen and oxygen atoms in total. The average molecular weight is 282 g/mol. The van der Waals surface area contributed by atoms with Crippen molar-refractivity contribution in [3.8, 4) is 0 Å². The molecule has 0 aliphatic heterocycles. The van der Waals surface area contributed by atoms with Crippen LogP contribution in [0, 0.1) is 0 Å². The zero-order chi connectivity index (χ0) is 15.0. The molecule has 6 heteroatoms. The van der Waals surface area contributed by atoms with Crippen molar-refractivity contribution < 1.29 is 9.53 Å². The van der Waals surface area contributed by atoms with Gasteiger partial charge >= 0.3 is 0 Å². The van der Waals surface area contributed by atoms with Gasteiger partial charge in [0.25, 0.3) is 0 Å². The van der Waals surface area contributed by atoms with Crippen LogP contribution in [0.25, 0.3) is 0 Å². The monoisotopic (exact) mass is 282 g/mol. The number of methoxy groups -OCH3 is 1. The molecule has 0 fully saturated rings. The summed E-state index contributed by atoms with van der Waals surface area (Å²) in [4.78, 5) is 15.8. The lowest BCUT2D eigenvalue weighted by molar-refractivity contribution is -0.121. The lowest BCUT2D eigenvalue weighted by atomic mass is 10.1. The Kier molecular flexibility index (Phi) is 6.67. The molecule has 0 saturated heterocycles. The van der Waals surface area contributed by atoms with E-state index < -0.39 is 0 Å². The number of rotatable bonds is 8. The zero-order valence-corrected chi connectivity index (χ0v) is 12.9. The molecule has 0 atom stereocenters. The van der Waals surface area contributed by atoms with E-state index in [0.29, 0.717) is 26.1 Å². The number of imidazole rings is 1. The molecule has 1 rings (SSSR count). The van der Waals surface area contributed by atoms with Crippen LogP contribution in [0.4, 0.5) is 0 Å². The van der Waals surface area contributed by atoms with Crippen LogP contribution in [0.1, 0.15) is 32.9 Å². The highest BCUT2D eigenvalue weighted by atomic mass is 16.5. The van der Waals surface area contributed by atoms with Crippen LogP contribution in [0.3, 0.4) is 0 Å². The van der Waals surface area contributed by atoms with E-state index in [4.69, 9.17) is 4.74 Å². The summed E-state index contributed by atoms with van der Waals surface area (Å²) in [6.45, 7) is 8.84. The summed E-state index contributed by atoms with van der Waals surface area (Å²) >= 11 is 0. The first-order chi connectivity index (χ1) is 9.42. The predicted octanol–water partition coefficient (Wildman–Crippen LogP) is 0.924. The molecule has 0 bridgehead atoms. The molecule has 114 valence electrons. The predicted molar refractivity (Wildman–Crippen MR) is 78.3 cm³/mol. The Morgan fingerprint density at radius 1 is 1.45 bits per heavy atom. The zero-order valence-electron chi connectivity index (χ0n) is 12.9. The topological polar surface area (TPSA) is 68.2 Å². The van der Waals surface area contributed by atoms with E-state index in [1.165, 1.54) is 0 Å². The second-order valence-corrected chi connectivity index (χ2v) is 5.77. The van der Waals surface area contributed by atoms with E-state index in [0.717, 1.165) is 12.2 Å². The molecule has 1 amide bonds. The van der Waals surface area contributed by atoms with Crippen molar-refractivity contribution >= 4 is 5.91 Å². The van der Waals surface area contributed by atoms with Gasteiger partial charge in [-0.1, -0.05) is 0 Å². The highest BCUT2D eigenvalue weighted by Crippen LogP contribution is 2.05. The third-order valence-corrected chi connectivity index (χ3v) is 2.81. The Morgan fingerprint density at radius 3 is 2.85 bits per heavy atom. The highest BCUT2D eigenvalue weighted by molar-refractivity contribution is 5.75. The molecule has 0 aliphatic rings. The fourth-order valence-electron chi connectivity index (χ4n) is 1.66. The number of hydrogen-bond donors (Lipinski definition) is 2. The Bertz CT molecular complexity index is 410. The van der Waals surface area contributed by atoms with Gasteiger partial charge in [0.2, 0.25) is 5.91 Å². The number of amides is 1. The van der Waals surface area contributed by atoms with Crippen molar-refractivity contribution in [3.05, 3.63) is 18.2 Å². The Hall–Kier alpha value is -1.40. The molecule has 0 spiro atoms. The standard InChI is InChI=1S/C14H26N4O2/c1-14(2,3)17-10-12-9-15-11-18(12)7-5-13(19)16-6-8-20-4/h9,11,17H,5-8,10H2,1-4H3,(H,16,19). The minimum absolute atomic E-state index is 0.0329. The quantitative estimate of drug-likeness (QED) is 0.696. The van der Waals surface area contributed by atoms with Crippen molar-refractivity contribution in [2.75, 3.05) is 20.3 Å². The number of carbonyl (C=O) groups excluding carboxylic acids is 1. The smallest absolute Gasteiger partial charge is 0.221 e. The molecule has 0 aromatic carbocycles. The maximum Gasteiger partial charge on any atom is 0.221 e. The molecule has 20 heavy (non-hydrogen) atoms. The van der Waals surface area contributed by atoms with Gasteiger partial charge in [-0.3, -0.25) is 4.79 Å². The summed E-state index contributed by atoms with van der Waals surface area (Å²) in [5, 5.41) is 6.22. The second-order valence-electron chi connectivity index (χ2n) is 5.77. The van der Waals surface area contributed by atoms with Gasteiger partial charge in [0, 0.05) is 44.9 Å². The number of nitrogens with zero attached hydrogens (tertiary/aromatic N) is 2. The van der Waals surface area contributed by atoms with Crippen LogP contribution < -0.4 is 10.6 Å². The molecule has 1 aromatic heterocycles. The molecule has 0 aliphatic carbocycles. The third kappa shape index (κ3) is 6.68. The van der Waals surface area contributed by atoms with E-state index in [-0.39, 0.29) is 11.4 Å². The normalized spacial score (nSPS) is 11.6. The average Bonchev–Trinajstić information content (AvgIpc) is 2.81. The minimum Gasteiger partial charge on any atom is -0.383 e. The summed E-state index contributed by atoms with van der Waals surface area (Å²) < 4.78 is 6.90. The molecular formula is C14H26N4O2. The molecule has 1 aromatic rings. The Balaban J connectivity index is 2.37. The summed E-state index contributed by atoms with van der Waals surface area (Å²) in [6, 6.07) is 0. The van der Waals surface area contributed by atoms with Crippen molar-refractivity contribution in [1.29, 1.82) is 0 Å². The third-order valence-electron chi connectivity index (χ3n) is 2.81. The number of nitrogens with one attached hydrogen (secondary N) is 2. The van der Waals surface area contributed by atoms with Crippen molar-refractivity contribution in [2.45, 2.75) is 45.8 Å². The number of ether oxygens (including phenoxy) is 1. The van der Waals surface area contributed by atoms with Gasteiger partial charge in [-0.2, -0.15) is 0 Å². The number of aromatic nitrogens is 2. The highest BCUT2D eigenvalue weighted by Gasteiger charge is 2.11. The lowest BCUT2D eigenvalue weighted by Gasteiger charge is -2.20. The van der Waals surface area contributed by atoms with E-state index in [9.17, 15) is 4.79 Å². The summed E-state index contributed by atoms with van der Waals surface area (Å²) in [7, 11) is 1.62. The molecule has 0 unspecified atom stereocenters. The Morgan fingerprint density at radius 2 is 2.20 bits per heavy atom. The first-order valence-electron chi connectivity index (χ1n) is 6.92. The Labute approximate surface area is 120 Å². The summed E-state index contributed by atoms with van der Waals surface area (Å²) in [5.41, 5.74) is 1.15. The SMILES string of the molecule is COCCNC(=O)CCn1cncc1CNC(C)(C)C. The molecule has 1 heterocycles. The van der Waals surface area contributed by atoms with E-state index >= 15 is 0 Å². The van der Waals surface area contributed by atoms with Gasteiger partial charge in [-0.15, -0.1) is 0 Å². The number of aryl methyl sites for hydroxylation is 1. The largest absolute Gasteiger partial charge is 0.383 e.